The first-order chi connectivity index (χ1) is 9.08. The van der Waals surface area contributed by atoms with Crippen molar-refractivity contribution in [3.8, 4) is 0 Å². The molecule has 0 unspecified atom stereocenters. The molecule has 0 spiro atoms. The van der Waals surface area contributed by atoms with Gasteiger partial charge in [-0.05, 0) is 18.9 Å². The first-order valence-corrected chi connectivity index (χ1v) is 6.28. The highest BCUT2D eigenvalue weighted by molar-refractivity contribution is 5.89. The lowest BCUT2D eigenvalue weighted by Gasteiger charge is -2.07. The normalized spacial score (nSPS) is 10.2. The van der Waals surface area contributed by atoms with Crippen molar-refractivity contribution in [1.82, 2.24) is 4.57 Å². The van der Waals surface area contributed by atoms with E-state index in [0.717, 1.165) is 6.42 Å². The molecule has 0 atom stereocenters. The van der Waals surface area contributed by atoms with Crippen molar-refractivity contribution < 1.29 is 19.1 Å². The third-order valence-corrected chi connectivity index (χ3v) is 2.58. The van der Waals surface area contributed by atoms with E-state index in [1.165, 1.54) is 7.11 Å². The number of aryl methyl sites for hydroxylation is 1. The Labute approximate surface area is 112 Å². The highest BCUT2D eigenvalue weighted by atomic mass is 16.5. The molecule has 0 aliphatic rings. The number of hydrogen-bond donors (Lipinski definition) is 1. The van der Waals surface area contributed by atoms with Crippen LogP contribution in [-0.4, -0.2) is 30.2 Å². The van der Waals surface area contributed by atoms with Gasteiger partial charge in [0.1, 0.15) is 5.69 Å². The number of aromatic nitrogens is 1. The van der Waals surface area contributed by atoms with E-state index in [0.29, 0.717) is 24.3 Å². The summed E-state index contributed by atoms with van der Waals surface area (Å²) in [6.45, 7) is 2.91. The zero-order chi connectivity index (χ0) is 14.3. The van der Waals surface area contributed by atoms with E-state index >= 15 is 0 Å². The fourth-order valence-electron chi connectivity index (χ4n) is 1.69. The first kappa shape index (κ1) is 15.1. The van der Waals surface area contributed by atoms with Crippen LogP contribution in [0, 0.1) is 0 Å². The summed E-state index contributed by atoms with van der Waals surface area (Å²) in [6, 6.07) is 1.60. The van der Waals surface area contributed by atoms with Crippen LogP contribution in [0.2, 0.25) is 0 Å². The second-order valence-electron chi connectivity index (χ2n) is 4.17. The second-order valence-corrected chi connectivity index (χ2v) is 4.17. The van der Waals surface area contributed by atoms with Gasteiger partial charge in [0.25, 0.3) is 0 Å². The number of methoxy groups -OCH3 is 1. The summed E-state index contributed by atoms with van der Waals surface area (Å²) in [4.78, 5) is 22.7. The summed E-state index contributed by atoms with van der Waals surface area (Å²) in [5.74, 6) is -0.732. The molecule has 1 aromatic rings. The SMILES string of the molecule is CCCn1cc(N)cc1C(=O)OCCCC(=O)OC. The molecule has 6 heteroatoms. The Balaban J connectivity index is 2.47. The summed E-state index contributed by atoms with van der Waals surface area (Å²) in [5.41, 5.74) is 6.65. The fraction of sp³-hybridized carbons (Fsp3) is 0.538. The highest BCUT2D eigenvalue weighted by Crippen LogP contribution is 2.13. The lowest BCUT2D eigenvalue weighted by atomic mass is 10.3. The van der Waals surface area contributed by atoms with Crippen LogP contribution in [0.15, 0.2) is 12.3 Å². The fourth-order valence-corrected chi connectivity index (χ4v) is 1.69. The van der Waals surface area contributed by atoms with E-state index in [1.54, 1.807) is 16.8 Å². The van der Waals surface area contributed by atoms with Gasteiger partial charge in [-0.1, -0.05) is 6.92 Å². The Kier molecular flexibility index (Phi) is 5.92. The molecule has 0 fully saturated rings. The van der Waals surface area contributed by atoms with E-state index < -0.39 is 5.97 Å². The predicted molar refractivity (Wildman–Crippen MR) is 70.7 cm³/mol. The van der Waals surface area contributed by atoms with Crippen LogP contribution in [0.4, 0.5) is 5.69 Å². The number of carbonyl (C=O) groups excluding carboxylic acids is 2. The van der Waals surface area contributed by atoms with Crippen LogP contribution in [0.3, 0.4) is 0 Å². The molecule has 1 heterocycles. The third-order valence-electron chi connectivity index (χ3n) is 2.58. The van der Waals surface area contributed by atoms with Gasteiger partial charge >= 0.3 is 11.9 Å². The van der Waals surface area contributed by atoms with Crippen LogP contribution < -0.4 is 5.73 Å². The topological polar surface area (TPSA) is 83.5 Å². The average Bonchev–Trinajstić information content (AvgIpc) is 2.75. The molecule has 1 rings (SSSR count). The van der Waals surface area contributed by atoms with Gasteiger partial charge in [0.05, 0.1) is 19.4 Å². The number of nitrogen functional groups attached to an aromatic ring is 1. The monoisotopic (exact) mass is 268 g/mol. The zero-order valence-corrected chi connectivity index (χ0v) is 11.3. The van der Waals surface area contributed by atoms with Crippen molar-refractivity contribution in [2.24, 2.45) is 0 Å². The van der Waals surface area contributed by atoms with Crippen molar-refractivity contribution in [3.63, 3.8) is 0 Å². The average molecular weight is 268 g/mol. The number of ether oxygens (including phenoxy) is 2. The van der Waals surface area contributed by atoms with Crippen molar-refractivity contribution >= 4 is 17.6 Å². The van der Waals surface area contributed by atoms with E-state index in [4.69, 9.17) is 10.5 Å². The molecule has 0 aromatic carbocycles. The molecule has 0 amide bonds. The molecular formula is C13H20N2O4. The molecule has 106 valence electrons. The van der Waals surface area contributed by atoms with E-state index in [9.17, 15) is 9.59 Å². The molecule has 0 saturated heterocycles. The van der Waals surface area contributed by atoms with E-state index in [-0.39, 0.29) is 19.0 Å². The van der Waals surface area contributed by atoms with Crippen LogP contribution in [0.25, 0.3) is 0 Å². The summed E-state index contributed by atoms with van der Waals surface area (Å²) < 4.78 is 11.4. The van der Waals surface area contributed by atoms with Crippen LogP contribution >= 0.6 is 0 Å². The van der Waals surface area contributed by atoms with Crippen LogP contribution in [0.5, 0.6) is 0 Å². The molecule has 0 radical (unpaired) electrons. The maximum Gasteiger partial charge on any atom is 0.355 e. The number of anilines is 1. The van der Waals surface area contributed by atoms with Gasteiger partial charge in [-0.15, -0.1) is 0 Å². The maximum atomic E-state index is 11.9. The molecular weight excluding hydrogens is 248 g/mol. The van der Waals surface area contributed by atoms with Crippen molar-refractivity contribution in [2.75, 3.05) is 19.5 Å². The largest absolute Gasteiger partial charge is 0.469 e. The highest BCUT2D eigenvalue weighted by Gasteiger charge is 2.14. The Morgan fingerprint density at radius 2 is 2.16 bits per heavy atom. The van der Waals surface area contributed by atoms with Crippen molar-refractivity contribution in [2.45, 2.75) is 32.7 Å². The number of hydrogen-bond acceptors (Lipinski definition) is 5. The minimum Gasteiger partial charge on any atom is -0.469 e. The van der Waals surface area contributed by atoms with Gasteiger partial charge in [-0.2, -0.15) is 0 Å². The maximum absolute atomic E-state index is 11.9. The molecule has 0 bridgehead atoms. The summed E-state index contributed by atoms with van der Waals surface area (Å²) in [6.07, 6.45) is 3.30. The number of nitrogens with two attached hydrogens (primary N) is 1. The Bertz CT molecular complexity index is 440. The molecule has 0 aliphatic heterocycles. The standard InChI is InChI=1S/C13H20N2O4/c1-3-6-15-9-10(14)8-11(15)13(17)19-7-4-5-12(16)18-2/h8-9H,3-7,14H2,1-2H3. The van der Waals surface area contributed by atoms with Crippen molar-refractivity contribution in [3.05, 3.63) is 18.0 Å². The van der Waals surface area contributed by atoms with Gasteiger partial charge in [-0.25, -0.2) is 4.79 Å². The predicted octanol–water partition coefficient (Wildman–Crippen LogP) is 1.59. The van der Waals surface area contributed by atoms with Gasteiger partial charge in [0, 0.05) is 19.2 Å². The minimum atomic E-state index is -0.421. The van der Waals surface area contributed by atoms with Crippen LogP contribution in [0.1, 0.15) is 36.7 Å². The number of carbonyl (C=O) groups is 2. The summed E-state index contributed by atoms with van der Waals surface area (Å²) in [7, 11) is 1.33. The lowest BCUT2D eigenvalue weighted by Crippen LogP contribution is -2.13. The van der Waals surface area contributed by atoms with Gasteiger partial charge in [0.15, 0.2) is 0 Å². The molecule has 6 nitrogen and oxygen atoms in total. The van der Waals surface area contributed by atoms with Crippen LogP contribution in [-0.2, 0) is 20.8 Å². The van der Waals surface area contributed by atoms with Gasteiger partial charge < -0.3 is 19.8 Å². The number of nitrogens with zero attached hydrogens (tertiary/aromatic N) is 1. The Hall–Kier alpha value is -1.98. The number of esters is 2. The zero-order valence-electron chi connectivity index (χ0n) is 11.3. The van der Waals surface area contributed by atoms with Gasteiger partial charge in [0.2, 0.25) is 0 Å². The number of rotatable bonds is 7. The minimum absolute atomic E-state index is 0.186. The second kappa shape index (κ2) is 7.45. The molecule has 0 saturated carbocycles. The smallest absolute Gasteiger partial charge is 0.355 e. The molecule has 19 heavy (non-hydrogen) atoms. The Morgan fingerprint density at radius 3 is 2.79 bits per heavy atom. The summed E-state index contributed by atoms with van der Waals surface area (Å²) in [5, 5.41) is 0. The van der Waals surface area contributed by atoms with E-state index in [2.05, 4.69) is 4.74 Å². The molecule has 2 N–H and O–H groups in total. The quantitative estimate of drug-likeness (QED) is 0.599. The van der Waals surface area contributed by atoms with Gasteiger partial charge in [-0.3, -0.25) is 4.79 Å². The first-order valence-electron chi connectivity index (χ1n) is 6.28. The molecule has 0 aliphatic carbocycles. The lowest BCUT2D eigenvalue weighted by molar-refractivity contribution is -0.140. The Morgan fingerprint density at radius 1 is 1.42 bits per heavy atom. The third kappa shape index (κ3) is 4.65. The summed E-state index contributed by atoms with van der Waals surface area (Å²) >= 11 is 0. The van der Waals surface area contributed by atoms with E-state index in [1.807, 2.05) is 6.92 Å². The molecule has 1 aromatic heterocycles. The van der Waals surface area contributed by atoms with Crippen molar-refractivity contribution in [1.29, 1.82) is 0 Å².